The lowest BCUT2D eigenvalue weighted by Gasteiger charge is -2.26. The fourth-order valence-electron chi connectivity index (χ4n) is 2.31. The summed E-state index contributed by atoms with van der Waals surface area (Å²) >= 11 is 0. The number of nitrogens with one attached hydrogen (secondary N) is 2. The summed E-state index contributed by atoms with van der Waals surface area (Å²) in [5.74, 6) is 6.48. The van der Waals surface area contributed by atoms with Crippen molar-refractivity contribution in [3.8, 4) is 0 Å². The summed E-state index contributed by atoms with van der Waals surface area (Å²) in [6, 6.07) is 0. The molecule has 0 radical (unpaired) electrons. The van der Waals surface area contributed by atoms with Crippen molar-refractivity contribution in [3.05, 3.63) is 12.4 Å². The van der Waals surface area contributed by atoms with E-state index in [0.29, 0.717) is 11.6 Å². The maximum absolute atomic E-state index is 9.49. The van der Waals surface area contributed by atoms with Crippen LogP contribution in [0.2, 0.25) is 0 Å². The molecular weight excluding hydrogens is 218 g/mol. The number of nitrogen functional groups attached to an aromatic ring is 1. The van der Waals surface area contributed by atoms with Crippen molar-refractivity contribution in [2.75, 3.05) is 23.9 Å². The highest BCUT2D eigenvalue weighted by atomic mass is 16.3. The van der Waals surface area contributed by atoms with Gasteiger partial charge in [-0.3, -0.25) is 4.98 Å². The van der Waals surface area contributed by atoms with Crippen LogP contribution in [0.3, 0.4) is 0 Å². The molecule has 1 aliphatic rings. The van der Waals surface area contributed by atoms with E-state index in [-0.39, 0.29) is 12.0 Å². The third-order valence-corrected chi connectivity index (χ3v) is 3.43. The van der Waals surface area contributed by atoms with Crippen LogP contribution in [0.25, 0.3) is 0 Å². The summed E-state index contributed by atoms with van der Waals surface area (Å²) in [6.45, 7) is 0.953. The van der Waals surface area contributed by atoms with Crippen LogP contribution in [0.15, 0.2) is 12.4 Å². The lowest BCUT2D eigenvalue weighted by atomic mass is 9.87. The standard InChI is InChI=1S/C11H19N5O/c12-16-10-6-13-5-9(15-10)14-7-11(8-17)3-1-2-4-11/h5-6,17H,1-4,7-8,12H2,(H2,14,15,16). The Morgan fingerprint density at radius 2 is 2.00 bits per heavy atom. The number of hydrogen-bond donors (Lipinski definition) is 4. The smallest absolute Gasteiger partial charge is 0.160 e. The van der Waals surface area contributed by atoms with E-state index in [9.17, 15) is 5.11 Å². The maximum atomic E-state index is 9.49. The Morgan fingerprint density at radius 1 is 1.29 bits per heavy atom. The van der Waals surface area contributed by atoms with Gasteiger partial charge in [0.2, 0.25) is 0 Å². The van der Waals surface area contributed by atoms with E-state index in [4.69, 9.17) is 5.84 Å². The molecule has 0 amide bonds. The van der Waals surface area contributed by atoms with Gasteiger partial charge in [0, 0.05) is 12.0 Å². The molecule has 0 bridgehead atoms. The first kappa shape index (κ1) is 12.1. The van der Waals surface area contributed by atoms with Gasteiger partial charge in [0.25, 0.3) is 0 Å². The summed E-state index contributed by atoms with van der Waals surface area (Å²) in [7, 11) is 0. The molecule has 0 atom stereocenters. The largest absolute Gasteiger partial charge is 0.396 e. The quantitative estimate of drug-likeness (QED) is 0.445. The van der Waals surface area contributed by atoms with Crippen LogP contribution in [0, 0.1) is 5.41 Å². The molecule has 17 heavy (non-hydrogen) atoms. The third kappa shape index (κ3) is 2.83. The van der Waals surface area contributed by atoms with Crippen molar-refractivity contribution >= 4 is 11.6 Å². The van der Waals surface area contributed by atoms with Gasteiger partial charge in [-0.15, -0.1) is 0 Å². The van der Waals surface area contributed by atoms with Crippen LogP contribution in [0.1, 0.15) is 25.7 Å². The SMILES string of the molecule is NNc1cncc(NCC2(CO)CCCC2)n1. The van der Waals surface area contributed by atoms with E-state index in [2.05, 4.69) is 20.7 Å². The fraction of sp³-hybridized carbons (Fsp3) is 0.636. The van der Waals surface area contributed by atoms with Crippen molar-refractivity contribution in [1.29, 1.82) is 0 Å². The Bertz CT molecular complexity index is 365. The number of aromatic nitrogens is 2. The second kappa shape index (κ2) is 5.29. The number of hydrazine groups is 1. The Labute approximate surface area is 101 Å². The second-order valence-corrected chi connectivity index (χ2v) is 4.65. The number of aliphatic hydroxyl groups excluding tert-OH is 1. The first-order chi connectivity index (χ1) is 8.28. The van der Waals surface area contributed by atoms with Gasteiger partial charge >= 0.3 is 0 Å². The van der Waals surface area contributed by atoms with Gasteiger partial charge in [0.05, 0.1) is 19.0 Å². The molecule has 0 aliphatic heterocycles. The molecule has 5 N–H and O–H groups in total. The van der Waals surface area contributed by atoms with Crippen LogP contribution in [-0.4, -0.2) is 28.2 Å². The van der Waals surface area contributed by atoms with E-state index in [1.165, 1.54) is 12.8 Å². The van der Waals surface area contributed by atoms with Gasteiger partial charge in [-0.1, -0.05) is 12.8 Å². The zero-order chi connectivity index (χ0) is 12.1. The zero-order valence-electron chi connectivity index (χ0n) is 9.82. The fourth-order valence-corrected chi connectivity index (χ4v) is 2.31. The molecule has 0 saturated heterocycles. The molecule has 1 fully saturated rings. The van der Waals surface area contributed by atoms with Crippen molar-refractivity contribution in [2.24, 2.45) is 11.3 Å². The van der Waals surface area contributed by atoms with E-state index in [0.717, 1.165) is 19.4 Å². The highest BCUT2D eigenvalue weighted by Gasteiger charge is 2.32. The lowest BCUT2D eigenvalue weighted by Crippen LogP contribution is -2.30. The monoisotopic (exact) mass is 237 g/mol. The average molecular weight is 237 g/mol. The molecule has 1 saturated carbocycles. The minimum Gasteiger partial charge on any atom is -0.396 e. The number of rotatable bonds is 5. The molecule has 0 aromatic carbocycles. The van der Waals surface area contributed by atoms with Gasteiger partial charge < -0.3 is 15.8 Å². The van der Waals surface area contributed by atoms with E-state index >= 15 is 0 Å². The summed E-state index contributed by atoms with van der Waals surface area (Å²) < 4.78 is 0. The zero-order valence-corrected chi connectivity index (χ0v) is 9.82. The molecule has 94 valence electrons. The van der Waals surface area contributed by atoms with Crippen molar-refractivity contribution in [1.82, 2.24) is 9.97 Å². The van der Waals surface area contributed by atoms with Crippen molar-refractivity contribution in [2.45, 2.75) is 25.7 Å². The van der Waals surface area contributed by atoms with Crippen LogP contribution in [-0.2, 0) is 0 Å². The Morgan fingerprint density at radius 3 is 2.65 bits per heavy atom. The lowest BCUT2D eigenvalue weighted by molar-refractivity contribution is 0.142. The van der Waals surface area contributed by atoms with Gasteiger partial charge in [0.1, 0.15) is 5.82 Å². The molecule has 2 rings (SSSR count). The predicted molar refractivity (Wildman–Crippen MR) is 66.3 cm³/mol. The predicted octanol–water partition coefficient (Wildman–Crippen LogP) is 0.727. The summed E-state index contributed by atoms with van der Waals surface area (Å²) in [5.41, 5.74) is 2.46. The van der Waals surface area contributed by atoms with Gasteiger partial charge in [0.15, 0.2) is 5.82 Å². The summed E-state index contributed by atoms with van der Waals surface area (Å²) in [6.07, 6.45) is 7.73. The Hall–Kier alpha value is -1.40. The Kier molecular flexibility index (Phi) is 3.75. The van der Waals surface area contributed by atoms with Gasteiger partial charge in [-0.2, -0.15) is 0 Å². The number of hydrogen-bond acceptors (Lipinski definition) is 6. The highest BCUT2D eigenvalue weighted by Crippen LogP contribution is 2.37. The molecule has 6 nitrogen and oxygen atoms in total. The molecule has 1 aromatic rings. The normalized spacial score (nSPS) is 18.0. The van der Waals surface area contributed by atoms with Gasteiger partial charge in [-0.25, -0.2) is 10.8 Å². The summed E-state index contributed by atoms with van der Waals surface area (Å²) in [4.78, 5) is 8.25. The van der Waals surface area contributed by atoms with Crippen LogP contribution in [0.5, 0.6) is 0 Å². The van der Waals surface area contributed by atoms with Gasteiger partial charge in [-0.05, 0) is 12.8 Å². The van der Waals surface area contributed by atoms with E-state index < -0.39 is 0 Å². The minimum absolute atomic E-state index is 0.00777. The molecule has 1 aromatic heterocycles. The molecule has 0 unspecified atom stereocenters. The molecular formula is C11H19N5O. The molecule has 0 spiro atoms. The number of aliphatic hydroxyl groups is 1. The Balaban J connectivity index is 1.96. The number of nitrogens with zero attached hydrogens (tertiary/aromatic N) is 2. The van der Waals surface area contributed by atoms with E-state index in [1.54, 1.807) is 12.4 Å². The van der Waals surface area contributed by atoms with Crippen LogP contribution < -0.4 is 16.6 Å². The number of anilines is 2. The topological polar surface area (TPSA) is 96.1 Å². The molecule has 1 aliphatic carbocycles. The van der Waals surface area contributed by atoms with E-state index in [1.807, 2.05) is 0 Å². The average Bonchev–Trinajstić information content (AvgIpc) is 2.86. The molecule has 6 heteroatoms. The highest BCUT2D eigenvalue weighted by molar-refractivity contribution is 5.40. The molecule has 1 heterocycles. The second-order valence-electron chi connectivity index (χ2n) is 4.65. The first-order valence-corrected chi connectivity index (χ1v) is 5.91. The van der Waals surface area contributed by atoms with Crippen molar-refractivity contribution in [3.63, 3.8) is 0 Å². The van der Waals surface area contributed by atoms with Crippen LogP contribution in [0.4, 0.5) is 11.6 Å². The maximum Gasteiger partial charge on any atom is 0.160 e. The first-order valence-electron chi connectivity index (χ1n) is 5.91. The van der Waals surface area contributed by atoms with Crippen molar-refractivity contribution < 1.29 is 5.11 Å². The minimum atomic E-state index is 0.00777. The summed E-state index contributed by atoms with van der Waals surface area (Å²) in [5, 5.41) is 12.7. The number of nitrogens with two attached hydrogens (primary N) is 1. The van der Waals surface area contributed by atoms with Crippen LogP contribution >= 0.6 is 0 Å². The third-order valence-electron chi connectivity index (χ3n) is 3.43.